The van der Waals surface area contributed by atoms with Gasteiger partial charge in [0.1, 0.15) is 0 Å². The van der Waals surface area contributed by atoms with Crippen molar-refractivity contribution >= 4 is 21.8 Å². The van der Waals surface area contributed by atoms with E-state index in [1.165, 1.54) is 0 Å². The maximum Gasteiger partial charge on any atom is 0.210 e. The molecule has 0 aromatic heterocycles. The zero-order valence-electron chi connectivity index (χ0n) is 7.95. The van der Waals surface area contributed by atoms with Gasteiger partial charge < -0.3 is 5.32 Å². The summed E-state index contributed by atoms with van der Waals surface area (Å²) in [5.41, 5.74) is 0. The third kappa shape index (κ3) is 12.2. The molecule has 13 heavy (non-hydrogen) atoms. The monoisotopic (exact) mass is 226 g/mol. The molecule has 0 radical (unpaired) electrons. The summed E-state index contributed by atoms with van der Waals surface area (Å²) in [5.74, 6) is 2.28. The van der Waals surface area contributed by atoms with E-state index in [0.717, 1.165) is 24.5 Å². The number of nitrogens with one attached hydrogen (secondary N) is 1. The van der Waals surface area contributed by atoms with Crippen molar-refractivity contribution in [2.75, 3.05) is 30.3 Å². The molecule has 6 heteroatoms. The van der Waals surface area contributed by atoms with E-state index in [1.54, 1.807) is 0 Å². The van der Waals surface area contributed by atoms with Crippen LogP contribution in [-0.4, -0.2) is 38.8 Å². The van der Waals surface area contributed by atoms with Gasteiger partial charge in [0.25, 0.3) is 0 Å². The number of rotatable bonds is 8. The predicted molar refractivity (Wildman–Crippen MR) is 58.5 cm³/mol. The molecule has 0 saturated carbocycles. The minimum Gasteiger partial charge on any atom is -0.316 e. The topological polar surface area (TPSA) is 72.2 Å². The lowest BCUT2D eigenvalue weighted by Gasteiger charge is -2.02. The summed E-state index contributed by atoms with van der Waals surface area (Å²) in [6.45, 7) is 3.44. The predicted octanol–water partition coefficient (Wildman–Crippen LogP) is 0.00770. The summed E-state index contributed by atoms with van der Waals surface area (Å²) in [4.78, 5) is 0. The summed E-state index contributed by atoms with van der Waals surface area (Å²) < 4.78 is 21.0. The molecule has 0 spiro atoms. The van der Waals surface area contributed by atoms with Crippen molar-refractivity contribution in [3.05, 3.63) is 0 Å². The second-order valence-corrected chi connectivity index (χ2v) is 5.80. The van der Waals surface area contributed by atoms with Crippen molar-refractivity contribution in [1.82, 2.24) is 5.32 Å². The van der Waals surface area contributed by atoms with Crippen molar-refractivity contribution in [3.8, 4) is 0 Å². The van der Waals surface area contributed by atoms with E-state index in [-0.39, 0.29) is 5.75 Å². The summed E-state index contributed by atoms with van der Waals surface area (Å²) in [6.07, 6.45) is 1.07. The van der Waals surface area contributed by atoms with Gasteiger partial charge in [0.05, 0.1) is 5.75 Å². The molecule has 0 aromatic carbocycles. The van der Waals surface area contributed by atoms with Crippen LogP contribution < -0.4 is 10.5 Å². The first-order valence-corrected chi connectivity index (χ1v) is 7.22. The second kappa shape index (κ2) is 7.61. The lowest BCUT2D eigenvalue weighted by atomic mass is 10.5. The van der Waals surface area contributed by atoms with Crippen LogP contribution in [0.1, 0.15) is 13.3 Å². The molecule has 0 amide bonds. The van der Waals surface area contributed by atoms with E-state index in [9.17, 15) is 8.42 Å². The van der Waals surface area contributed by atoms with Crippen molar-refractivity contribution in [1.29, 1.82) is 0 Å². The van der Waals surface area contributed by atoms with Gasteiger partial charge in [-0.2, -0.15) is 11.8 Å². The van der Waals surface area contributed by atoms with Crippen LogP contribution in [0.25, 0.3) is 0 Å². The highest BCUT2D eigenvalue weighted by atomic mass is 32.2. The molecule has 0 atom stereocenters. The molecule has 0 aliphatic rings. The Hall–Kier alpha value is 0.220. The molecule has 80 valence electrons. The van der Waals surface area contributed by atoms with Gasteiger partial charge in [-0.05, 0) is 24.5 Å². The average Bonchev–Trinajstić information content (AvgIpc) is 2.01. The third-order valence-corrected chi connectivity index (χ3v) is 3.17. The molecule has 3 N–H and O–H groups in total. The van der Waals surface area contributed by atoms with Crippen LogP contribution in [0.5, 0.6) is 0 Å². The van der Waals surface area contributed by atoms with Gasteiger partial charge in [0, 0.05) is 6.54 Å². The number of primary sulfonamides is 1. The average molecular weight is 226 g/mol. The van der Waals surface area contributed by atoms with E-state index in [0.29, 0.717) is 6.54 Å². The van der Waals surface area contributed by atoms with Gasteiger partial charge in [-0.15, -0.1) is 0 Å². The van der Waals surface area contributed by atoms with Crippen LogP contribution >= 0.6 is 11.8 Å². The molecule has 0 aliphatic heterocycles. The van der Waals surface area contributed by atoms with E-state index in [1.807, 2.05) is 11.8 Å². The summed E-state index contributed by atoms with van der Waals surface area (Å²) in [6, 6.07) is 0. The molecular formula is C7H18N2O2S2. The Kier molecular flexibility index (Phi) is 7.74. The van der Waals surface area contributed by atoms with Crippen LogP contribution in [0.2, 0.25) is 0 Å². The van der Waals surface area contributed by atoms with Crippen molar-refractivity contribution in [2.45, 2.75) is 13.3 Å². The quantitative estimate of drug-likeness (QED) is 0.572. The lowest BCUT2D eigenvalue weighted by Crippen LogP contribution is -2.27. The maximum atomic E-state index is 10.5. The first kappa shape index (κ1) is 13.2. The third-order valence-electron chi connectivity index (χ3n) is 1.41. The Morgan fingerprint density at radius 2 is 2.08 bits per heavy atom. The molecule has 0 unspecified atom stereocenters. The molecule has 4 nitrogen and oxygen atoms in total. The van der Waals surface area contributed by atoms with Crippen LogP contribution in [0.4, 0.5) is 0 Å². The smallest absolute Gasteiger partial charge is 0.210 e. The largest absolute Gasteiger partial charge is 0.316 e. The highest BCUT2D eigenvalue weighted by Crippen LogP contribution is 1.99. The number of nitrogens with two attached hydrogens (primary N) is 1. The van der Waals surface area contributed by atoms with E-state index < -0.39 is 10.0 Å². The van der Waals surface area contributed by atoms with Crippen LogP contribution in [-0.2, 0) is 10.0 Å². The Morgan fingerprint density at radius 3 is 2.62 bits per heavy atom. The SMILES string of the molecule is CCSCCCNCCS(N)(=O)=O. The van der Waals surface area contributed by atoms with Crippen LogP contribution in [0.3, 0.4) is 0 Å². The molecular weight excluding hydrogens is 208 g/mol. The van der Waals surface area contributed by atoms with Gasteiger partial charge in [-0.1, -0.05) is 6.92 Å². The standard InChI is InChI=1S/C7H18N2O2S2/c1-2-12-6-3-4-9-5-7-13(8,10)11/h9H,2-7H2,1H3,(H2,8,10,11). The van der Waals surface area contributed by atoms with Gasteiger partial charge in [-0.3, -0.25) is 0 Å². The van der Waals surface area contributed by atoms with Crippen molar-refractivity contribution < 1.29 is 8.42 Å². The number of hydrogen-bond acceptors (Lipinski definition) is 4. The normalized spacial score (nSPS) is 11.8. The van der Waals surface area contributed by atoms with Gasteiger partial charge in [-0.25, -0.2) is 13.6 Å². The Balaban J connectivity index is 3.09. The zero-order chi connectivity index (χ0) is 10.2. The van der Waals surface area contributed by atoms with E-state index >= 15 is 0 Å². The van der Waals surface area contributed by atoms with E-state index in [2.05, 4.69) is 12.2 Å². The fourth-order valence-corrected chi connectivity index (χ4v) is 1.85. The molecule has 0 rings (SSSR count). The van der Waals surface area contributed by atoms with Gasteiger partial charge in [0.15, 0.2) is 0 Å². The number of thioether (sulfide) groups is 1. The lowest BCUT2D eigenvalue weighted by molar-refractivity contribution is 0.592. The van der Waals surface area contributed by atoms with E-state index in [4.69, 9.17) is 5.14 Å². The summed E-state index contributed by atoms with van der Waals surface area (Å²) in [7, 11) is -3.29. The van der Waals surface area contributed by atoms with Crippen LogP contribution in [0, 0.1) is 0 Å². The Morgan fingerprint density at radius 1 is 1.38 bits per heavy atom. The first-order chi connectivity index (χ1) is 6.06. The first-order valence-electron chi connectivity index (χ1n) is 4.35. The summed E-state index contributed by atoms with van der Waals surface area (Å²) in [5, 5.41) is 7.85. The van der Waals surface area contributed by atoms with Gasteiger partial charge >= 0.3 is 0 Å². The highest BCUT2D eigenvalue weighted by molar-refractivity contribution is 7.99. The van der Waals surface area contributed by atoms with Gasteiger partial charge in [0.2, 0.25) is 10.0 Å². The summed E-state index contributed by atoms with van der Waals surface area (Å²) >= 11 is 1.89. The minimum atomic E-state index is -3.29. The van der Waals surface area contributed by atoms with Crippen molar-refractivity contribution in [2.24, 2.45) is 5.14 Å². The molecule has 0 saturated heterocycles. The fourth-order valence-electron chi connectivity index (χ4n) is 0.783. The second-order valence-electron chi connectivity index (χ2n) is 2.67. The minimum absolute atomic E-state index is 0.0217. The molecule has 0 heterocycles. The molecule has 0 aromatic rings. The molecule has 0 aliphatic carbocycles. The highest BCUT2D eigenvalue weighted by Gasteiger charge is 2.00. The maximum absolute atomic E-state index is 10.5. The Labute approximate surface area is 84.7 Å². The molecule has 0 fully saturated rings. The number of hydrogen-bond donors (Lipinski definition) is 2. The number of sulfonamides is 1. The molecule has 0 bridgehead atoms. The Bertz CT molecular complexity index is 205. The fraction of sp³-hybridized carbons (Fsp3) is 1.00. The zero-order valence-corrected chi connectivity index (χ0v) is 9.59. The van der Waals surface area contributed by atoms with Crippen molar-refractivity contribution in [3.63, 3.8) is 0 Å². The van der Waals surface area contributed by atoms with Crippen LogP contribution in [0.15, 0.2) is 0 Å².